The van der Waals surface area contributed by atoms with Crippen molar-refractivity contribution in [2.75, 3.05) is 0 Å². The lowest BCUT2D eigenvalue weighted by atomic mass is 10.0. The predicted octanol–water partition coefficient (Wildman–Crippen LogP) is 1.73. The molecule has 0 saturated heterocycles. The van der Waals surface area contributed by atoms with Crippen LogP contribution in [0.1, 0.15) is 29.8 Å². The van der Waals surface area contributed by atoms with Crippen molar-refractivity contribution in [2.24, 2.45) is 0 Å². The number of carbonyl (C=O) groups excluding carboxylic acids is 1. The monoisotopic (exact) mass is 218 g/mol. The molecular formula is C12H14N2O2. The number of nitrogens with one attached hydrogen (secondary N) is 1. The van der Waals surface area contributed by atoms with Gasteiger partial charge in [-0.3, -0.25) is 4.79 Å². The smallest absolute Gasteiger partial charge is 0.252 e. The number of aromatic hydroxyl groups is 1. The van der Waals surface area contributed by atoms with Crippen molar-refractivity contribution in [1.82, 2.24) is 5.32 Å². The minimum atomic E-state index is -0.901. The first-order valence-electron chi connectivity index (χ1n) is 4.89. The van der Waals surface area contributed by atoms with Crippen LogP contribution in [0.15, 0.2) is 18.2 Å². The third kappa shape index (κ3) is 2.74. The van der Waals surface area contributed by atoms with Crippen LogP contribution >= 0.6 is 0 Å². The van der Waals surface area contributed by atoms with Crippen LogP contribution in [-0.4, -0.2) is 16.6 Å². The molecule has 84 valence electrons. The molecule has 16 heavy (non-hydrogen) atoms. The highest BCUT2D eigenvalue weighted by molar-refractivity contribution is 5.96. The van der Waals surface area contributed by atoms with Gasteiger partial charge in [-0.05, 0) is 44.5 Å². The van der Waals surface area contributed by atoms with Crippen LogP contribution in [0.4, 0.5) is 0 Å². The molecule has 1 aromatic carbocycles. The lowest BCUT2D eigenvalue weighted by molar-refractivity contribution is 0.0928. The maximum Gasteiger partial charge on any atom is 0.252 e. The Morgan fingerprint density at radius 2 is 2.12 bits per heavy atom. The van der Waals surface area contributed by atoms with E-state index in [-0.39, 0.29) is 11.7 Å². The van der Waals surface area contributed by atoms with Crippen molar-refractivity contribution in [1.29, 1.82) is 5.26 Å². The fourth-order valence-corrected chi connectivity index (χ4v) is 1.28. The third-order valence-electron chi connectivity index (χ3n) is 2.16. The molecule has 0 heterocycles. The molecule has 2 N–H and O–H groups in total. The van der Waals surface area contributed by atoms with E-state index >= 15 is 0 Å². The highest BCUT2D eigenvalue weighted by Gasteiger charge is 2.21. The second-order valence-electron chi connectivity index (χ2n) is 4.19. The van der Waals surface area contributed by atoms with E-state index in [2.05, 4.69) is 5.32 Å². The molecule has 0 atom stereocenters. The molecule has 0 saturated carbocycles. The van der Waals surface area contributed by atoms with Gasteiger partial charge < -0.3 is 10.4 Å². The Balaban J connectivity index is 2.95. The standard InChI is InChI=1S/C12H14N2O2/c1-8-6-9(15)4-5-10(8)11(16)14-12(2,3)7-13/h4-6,15H,1-3H3,(H,14,16). The summed E-state index contributed by atoms with van der Waals surface area (Å²) in [5.74, 6) is -0.197. The van der Waals surface area contributed by atoms with Gasteiger partial charge in [-0.1, -0.05) is 0 Å². The second-order valence-corrected chi connectivity index (χ2v) is 4.19. The molecule has 1 amide bonds. The van der Waals surface area contributed by atoms with E-state index in [9.17, 15) is 9.90 Å². The zero-order valence-electron chi connectivity index (χ0n) is 9.53. The van der Waals surface area contributed by atoms with Crippen LogP contribution in [0.5, 0.6) is 5.75 Å². The number of amides is 1. The number of phenols is 1. The van der Waals surface area contributed by atoms with E-state index in [0.717, 1.165) is 0 Å². The molecule has 1 aromatic rings. The van der Waals surface area contributed by atoms with Gasteiger partial charge in [0.25, 0.3) is 5.91 Å². The number of hydrogen-bond donors (Lipinski definition) is 2. The van der Waals surface area contributed by atoms with Crippen molar-refractivity contribution in [3.05, 3.63) is 29.3 Å². The van der Waals surface area contributed by atoms with E-state index in [1.165, 1.54) is 18.2 Å². The molecule has 0 bridgehead atoms. The van der Waals surface area contributed by atoms with Crippen molar-refractivity contribution in [3.63, 3.8) is 0 Å². The van der Waals surface area contributed by atoms with Gasteiger partial charge in [0.1, 0.15) is 11.3 Å². The van der Waals surface area contributed by atoms with Crippen molar-refractivity contribution < 1.29 is 9.90 Å². The Morgan fingerprint density at radius 3 is 2.62 bits per heavy atom. The van der Waals surface area contributed by atoms with E-state index < -0.39 is 5.54 Å². The van der Waals surface area contributed by atoms with Gasteiger partial charge in [-0.25, -0.2) is 0 Å². The molecule has 4 nitrogen and oxygen atoms in total. The van der Waals surface area contributed by atoms with Crippen LogP contribution in [-0.2, 0) is 0 Å². The van der Waals surface area contributed by atoms with Crippen molar-refractivity contribution in [2.45, 2.75) is 26.3 Å². The number of hydrogen-bond acceptors (Lipinski definition) is 3. The Bertz CT molecular complexity index is 459. The summed E-state index contributed by atoms with van der Waals surface area (Å²) in [6.45, 7) is 4.98. The predicted molar refractivity (Wildman–Crippen MR) is 60.0 cm³/mol. The van der Waals surface area contributed by atoms with Gasteiger partial charge in [0, 0.05) is 5.56 Å². The molecule has 0 aromatic heterocycles. The SMILES string of the molecule is Cc1cc(O)ccc1C(=O)NC(C)(C)C#N. The normalized spacial score (nSPS) is 10.6. The van der Waals surface area contributed by atoms with Crippen molar-refractivity contribution in [3.8, 4) is 11.8 Å². The highest BCUT2D eigenvalue weighted by Crippen LogP contribution is 2.16. The van der Waals surface area contributed by atoms with Crippen LogP contribution in [0.3, 0.4) is 0 Å². The quantitative estimate of drug-likeness (QED) is 0.794. The molecule has 4 heteroatoms. The zero-order chi connectivity index (χ0) is 12.3. The molecule has 1 rings (SSSR count). The lowest BCUT2D eigenvalue weighted by Crippen LogP contribution is -2.42. The highest BCUT2D eigenvalue weighted by atomic mass is 16.3. The van der Waals surface area contributed by atoms with Crippen LogP contribution in [0.25, 0.3) is 0 Å². The molecule has 0 unspecified atom stereocenters. The number of nitrogens with zero attached hydrogens (tertiary/aromatic N) is 1. The maximum absolute atomic E-state index is 11.8. The van der Waals surface area contributed by atoms with Crippen LogP contribution in [0, 0.1) is 18.3 Å². The summed E-state index contributed by atoms with van der Waals surface area (Å²) in [5, 5.41) is 20.6. The first-order chi connectivity index (χ1) is 7.35. The Hall–Kier alpha value is -2.02. The van der Waals surface area contributed by atoms with Gasteiger partial charge in [0.2, 0.25) is 0 Å². The van der Waals surface area contributed by atoms with Gasteiger partial charge in [0.05, 0.1) is 6.07 Å². The van der Waals surface area contributed by atoms with Gasteiger partial charge in [0.15, 0.2) is 0 Å². The minimum absolute atomic E-state index is 0.119. The van der Waals surface area contributed by atoms with Crippen LogP contribution in [0.2, 0.25) is 0 Å². The number of carbonyl (C=O) groups is 1. The van der Waals surface area contributed by atoms with E-state index in [1.54, 1.807) is 20.8 Å². The summed E-state index contributed by atoms with van der Waals surface area (Å²) < 4.78 is 0. The Labute approximate surface area is 94.5 Å². The molecule has 0 fully saturated rings. The largest absolute Gasteiger partial charge is 0.508 e. The number of rotatable bonds is 2. The van der Waals surface area contributed by atoms with Gasteiger partial charge >= 0.3 is 0 Å². The molecule has 0 spiro atoms. The third-order valence-corrected chi connectivity index (χ3v) is 2.16. The number of nitriles is 1. The molecule has 0 radical (unpaired) electrons. The number of phenolic OH excluding ortho intramolecular Hbond substituents is 1. The molecule has 0 aliphatic carbocycles. The Morgan fingerprint density at radius 1 is 1.50 bits per heavy atom. The molecule has 0 aliphatic heterocycles. The first kappa shape index (κ1) is 12.1. The summed E-state index contributed by atoms with van der Waals surface area (Å²) in [6.07, 6.45) is 0. The molecule has 0 aliphatic rings. The van der Waals surface area contributed by atoms with Gasteiger partial charge in [-0.2, -0.15) is 5.26 Å². The summed E-state index contributed by atoms with van der Waals surface area (Å²) >= 11 is 0. The average Bonchev–Trinajstić information content (AvgIpc) is 2.16. The lowest BCUT2D eigenvalue weighted by Gasteiger charge is -2.18. The summed E-state index contributed by atoms with van der Waals surface area (Å²) in [5.41, 5.74) is 0.230. The van der Waals surface area contributed by atoms with Gasteiger partial charge in [-0.15, -0.1) is 0 Å². The van der Waals surface area contributed by atoms with Crippen LogP contribution < -0.4 is 5.32 Å². The summed E-state index contributed by atoms with van der Waals surface area (Å²) in [4.78, 5) is 11.8. The Kier molecular flexibility index (Phi) is 3.19. The fraction of sp³-hybridized carbons (Fsp3) is 0.333. The summed E-state index contributed by atoms with van der Waals surface area (Å²) in [7, 11) is 0. The van der Waals surface area contributed by atoms with E-state index in [4.69, 9.17) is 5.26 Å². The van der Waals surface area contributed by atoms with Crippen molar-refractivity contribution >= 4 is 5.91 Å². The van der Waals surface area contributed by atoms with E-state index in [0.29, 0.717) is 11.1 Å². The average molecular weight is 218 g/mol. The zero-order valence-corrected chi connectivity index (χ0v) is 9.53. The summed E-state index contributed by atoms with van der Waals surface area (Å²) in [6, 6.07) is 6.48. The van der Waals surface area contributed by atoms with E-state index in [1.807, 2.05) is 6.07 Å². The number of benzene rings is 1. The maximum atomic E-state index is 11.8. The first-order valence-corrected chi connectivity index (χ1v) is 4.89. The second kappa shape index (κ2) is 4.23. The topological polar surface area (TPSA) is 73.1 Å². The minimum Gasteiger partial charge on any atom is -0.508 e. The number of aryl methyl sites for hydroxylation is 1. The molecular weight excluding hydrogens is 204 g/mol. The fourth-order valence-electron chi connectivity index (χ4n) is 1.28.